The Morgan fingerprint density at radius 2 is 1.67 bits per heavy atom. The average molecular weight is 398 g/mol. The first-order valence-electron chi connectivity index (χ1n) is 7.56. The van der Waals surface area contributed by atoms with Gasteiger partial charge in [0.2, 0.25) is 10.0 Å². The summed E-state index contributed by atoms with van der Waals surface area (Å²) in [5.41, 5.74) is -0.750. The molecule has 1 amide bonds. The fourth-order valence-electron chi connectivity index (χ4n) is 2.00. The van der Waals surface area contributed by atoms with E-state index in [9.17, 15) is 26.8 Å². The Bertz CT molecular complexity index is 957. The first kappa shape index (κ1) is 20.5. The molecular formula is C17H16F2N2O5S. The van der Waals surface area contributed by atoms with Crippen LogP contribution < -0.4 is 5.32 Å². The van der Waals surface area contributed by atoms with Gasteiger partial charge in [-0.2, -0.15) is 0 Å². The van der Waals surface area contributed by atoms with Crippen LogP contribution in [0.3, 0.4) is 0 Å². The van der Waals surface area contributed by atoms with Gasteiger partial charge < -0.3 is 10.1 Å². The third kappa shape index (κ3) is 4.86. The predicted molar refractivity (Wildman–Crippen MR) is 92.6 cm³/mol. The Balaban J connectivity index is 2.05. The standard InChI is InChI=1S/C17H16F2N2O5S/c1-21(2)27(24,25)12-6-3-5-11(9-12)17(23)26-10-15(22)20-16-13(18)7-4-8-14(16)19/h3-9H,10H2,1-2H3,(H,20,22). The molecule has 2 aromatic carbocycles. The molecule has 0 atom stereocenters. The minimum absolute atomic E-state index is 0.0946. The van der Waals surface area contributed by atoms with Crippen molar-refractivity contribution in [1.82, 2.24) is 4.31 Å². The molecule has 144 valence electrons. The van der Waals surface area contributed by atoms with Crippen molar-refractivity contribution in [3.63, 3.8) is 0 Å². The molecule has 0 radical (unpaired) electrons. The Morgan fingerprint density at radius 1 is 1.07 bits per heavy atom. The molecule has 0 heterocycles. The molecular weight excluding hydrogens is 382 g/mol. The van der Waals surface area contributed by atoms with Crippen molar-refractivity contribution in [3.8, 4) is 0 Å². The summed E-state index contributed by atoms with van der Waals surface area (Å²) >= 11 is 0. The highest BCUT2D eigenvalue weighted by atomic mass is 32.2. The molecule has 10 heteroatoms. The van der Waals surface area contributed by atoms with E-state index < -0.39 is 45.8 Å². The van der Waals surface area contributed by atoms with Crippen molar-refractivity contribution in [3.05, 3.63) is 59.7 Å². The second-order valence-corrected chi connectivity index (χ2v) is 7.69. The number of esters is 1. The molecule has 27 heavy (non-hydrogen) atoms. The summed E-state index contributed by atoms with van der Waals surface area (Å²) in [6, 6.07) is 8.12. The fourth-order valence-corrected chi connectivity index (χ4v) is 2.95. The van der Waals surface area contributed by atoms with E-state index >= 15 is 0 Å². The molecule has 2 rings (SSSR count). The van der Waals surface area contributed by atoms with E-state index in [0.717, 1.165) is 28.6 Å². The van der Waals surface area contributed by atoms with Crippen LogP contribution >= 0.6 is 0 Å². The number of ether oxygens (including phenoxy) is 1. The van der Waals surface area contributed by atoms with E-state index in [4.69, 9.17) is 4.74 Å². The minimum atomic E-state index is -3.75. The van der Waals surface area contributed by atoms with Crippen LogP contribution in [-0.4, -0.2) is 45.3 Å². The predicted octanol–water partition coefficient (Wildman–Crippen LogP) is 2.01. The lowest BCUT2D eigenvalue weighted by atomic mass is 10.2. The van der Waals surface area contributed by atoms with Crippen molar-refractivity contribution in [1.29, 1.82) is 0 Å². The van der Waals surface area contributed by atoms with Crippen LogP contribution in [0.25, 0.3) is 0 Å². The van der Waals surface area contributed by atoms with Crippen molar-refractivity contribution in [2.45, 2.75) is 4.90 Å². The molecule has 1 N–H and O–H groups in total. The lowest BCUT2D eigenvalue weighted by molar-refractivity contribution is -0.119. The van der Waals surface area contributed by atoms with Gasteiger partial charge in [0.1, 0.15) is 17.3 Å². The van der Waals surface area contributed by atoms with Crippen LogP contribution in [0.2, 0.25) is 0 Å². The summed E-state index contributed by atoms with van der Waals surface area (Å²) in [5, 5.41) is 1.97. The summed E-state index contributed by atoms with van der Waals surface area (Å²) in [6.07, 6.45) is 0. The maximum atomic E-state index is 13.5. The summed E-state index contributed by atoms with van der Waals surface area (Å²) in [5.74, 6) is -3.87. The number of rotatable bonds is 6. The number of benzene rings is 2. The summed E-state index contributed by atoms with van der Waals surface area (Å²) in [7, 11) is -1.07. The number of nitrogens with zero attached hydrogens (tertiary/aromatic N) is 1. The van der Waals surface area contributed by atoms with Crippen LogP contribution in [0.5, 0.6) is 0 Å². The number of halogens is 2. The molecule has 0 saturated carbocycles. The third-order valence-corrected chi connectivity index (χ3v) is 5.22. The molecule has 0 saturated heterocycles. The Hall–Kier alpha value is -2.85. The van der Waals surface area contributed by atoms with Crippen LogP contribution in [0, 0.1) is 11.6 Å². The molecule has 0 bridgehead atoms. The van der Waals surface area contributed by atoms with Gasteiger partial charge in [-0.25, -0.2) is 26.3 Å². The number of carbonyl (C=O) groups is 2. The maximum absolute atomic E-state index is 13.5. The van der Waals surface area contributed by atoms with Gasteiger partial charge in [-0.15, -0.1) is 0 Å². The van der Waals surface area contributed by atoms with Crippen LogP contribution in [-0.2, 0) is 19.6 Å². The topological polar surface area (TPSA) is 92.8 Å². The number of hydrogen-bond acceptors (Lipinski definition) is 5. The Kier molecular flexibility index (Phi) is 6.24. The fraction of sp³-hybridized carbons (Fsp3) is 0.176. The van der Waals surface area contributed by atoms with Gasteiger partial charge in [0, 0.05) is 14.1 Å². The number of nitrogens with one attached hydrogen (secondary N) is 1. The van der Waals surface area contributed by atoms with E-state index in [1.54, 1.807) is 0 Å². The number of carbonyl (C=O) groups excluding carboxylic acids is 2. The largest absolute Gasteiger partial charge is 0.452 e. The zero-order chi connectivity index (χ0) is 20.2. The van der Waals surface area contributed by atoms with Gasteiger partial charge in [-0.3, -0.25) is 4.79 Å². The number of para-hydroxylation sites is 1. The van der Waals surface area contributed by atoms with Crippen molar-refractivity contribution in [2.24, 2.45) is 0 Å². The van der Waals surface area contributed by atoms with Crippen molar-refractivity contribution >= 4 is 27.6 Å². The molecule has 0 aliphatic rings. The van der Waals surface area contributed by atoms with Crippen molar-refractivity contribution in [2.75, 3.05) is 26.0 Å². The highest BCUT2D eigenvalue weighted by Gasteiger charge is 2.20. The lowest BCUT2D eigenvalue weighted by Crippen LogP contribution is -2.23. The molecule has 0 aliphatic carbocycles. The van der Waals surface area contributed by atoms with Gasteiger partial charge >= 0.3 is 5.97 Å². The van der Waals surface area contributed by atoms with E-state index in [1.165, 1.54) is 32.3 Å². The number of hydrogen-bond donors (Lipinski definition) is 1. The molecule has 2 aromatic rings. The highest BCUT2D eigenvalue weighted by molar-refractivity contribution is 7.89. The van der Waals surface area contributed by atoms with Crippen molar-refractivity contribution < 1.29 is 31.5 Å². The zero-order valence-corrected chi connectivity index (χ0v) is 15.2. The number of anilines is 1. The molecule has 0 aliphatic heterocycles. The lowest BCUT2D eigenvalue weighted by Gasteiger charge is -2.12. The average Bonchev–Trinajstić information content (AvgIpc) is 2.62. The normalized spacial score (nSPS) is 11.3. The summed E-state index contributed by atoms with van der Waals surface area (Å²) < 4.78 is 56.8. The van der Waals surface area contributed by atoms with Gasteiger partial charge in [0.15, 0.2) is 6.61 Å². The van der Waals surface area contributed by atoms with Crippen LogP contribution in [0.4, 0.5) is 14.5 Å². The quantitative estimate of drug-likeness (QED) is 0.752. The van der Waals surface area contributed by atoms with E-state index in [2.05, 4.69) is 0 Å². The smallest absolute Gasteiger partial charge is 0.338 e. The minimum Gasteiger partial charge on any atom is -0.452 e. The monoisotopic (exact) mass is 398 g/mol. The molecule has 0 fully saturated rings. The number of sulfonamides is 1. The van der Waals surface area contributed by atoms with E-state index in [-0.39, 0.29) is 10.5 Å². The van der Waals surface area contributed by atoms with Gasteiger partial charge in [0.05, 0.1) is 10.5 Å². The van der Waals surface area contributed by atoms with Gasteiger partial charge in [-0.05, 0) is 30.3 Å². The molecule has 0 aromatic heterocycles. The third-order valence-electron chi connectivity index (χ3n) is 3.41. The van der Waals surface area contributed by atoms with Gasteiger partial charge in [0.25, 0.3) is 5.91 Å². The first-order chi connectivity index (χ1) is 12.6. The summed E-state index contributed by atoms with van der Waals surface area (Å²) in [4.78, 5) is 23.6. The van der Waals surface area contributed by atoms with Crippen LogP contribution in [0.1, 0.15) is 10.4 Å². The molecule has 7 nitrogen and oxygen atoms in total. The SMILES string of the molecule is CN(C)S(=O)(=O)c1cccc(C(=O)OCC(=O)Nc2c(F)cccc2F)c1. The second kappa shape index (κ2) is 8.23. The van der Waals surface area contributed by atoms with Gasteiger partial charge in [-0.1, -0.05) is 12.1 Å². The Morgan fingerprint density at radius 3 is 2.26 bits per heavy atom. The molecule has 0 spiro atoms. The number of amides is 1. The van der Waals surface area contributed by atoms with E-state index in [1.807, 2.05) is 5.32 Å². The maximum Gasteiger partial charge on any atom is 0.338 e. The highest BCUT2D eigenvalue weighted by Crippen LogP contribution is 2.18. The second-order valence-electron chi connectivity index (χ2n) is 5.54. The Labute approximate surface area is 154 Å². The molecule has 0 unspecified atom stereocenters. The first-order valence-corrected chi connectivity index (χ1v) is 9.00. The van der Waals surface area contributed by atoms with E-state index in [0.29, 0.717) is 0 Å². The van der Waals surface area contributed by atoms with Crippen LogP contribution in [0.15, 0.2) is 47.4 Å². The zero-order valence-electron chi connectivity index (χ0n) is 14.4. The summed E-state index contributed by atoms with van der Waals surface area (Å²) in [6.45, 7) is -0.808.